The van der Waals surface area contributed by atoms with E-state index in [-0.39, 0.29) is 30.6 Å². The van der Waals surface area contributed by atoms with Crippen LogP contribution in [0.2, 0.25) is 0 Å². The fourth-order valence-electron chi connectivity index (χ4n) is 3.69. The van der Waals surface area contributed by atoms with Crippen LogP contribution in [0.5, 0.6) is 0 Å². The maximum atomic E-state index is 12.8. The average Bonchev–Trinajstić information content (AvgIpc) is 3.08. The second-order valence-corrected chi connectivity index (χ2v) is 7.23. The highest BCUT2D eigenvalue weighted by Crippen LogP contribution is 2.32. The fourth-order valence-corrected chi connectivity index (χ4v) is 3.69. The summed E-state index contributed by atoms with van der Waals surface area (Å²) in [6, 6.07) is 15.3. The smallest absolute Gasteiger partial charge is 0.251 e. The molecule has 0 aliphatic heterocycles. The van der Waals surface area contributed by atoms with Gasteiger partial charge in [-0.3, -0.25) is 4.79 Å². The van der Waals surface area contributed by atoms with Crippen molar-refractivity contribution in [1.82, 2.24) is 15.3 Å². The van der Waals surface area contributed by atoms with E-state index in [0.717, 1.165) is 30.3 Å². The van der Waals surface area contributed by atoms with Crippen molar-refractivity contribution in [1.29, 1.82) is 0 Å². The number of imidazole rings is 1. The first-order valence-electron chi connectivity index (χ1n) is 9.24. The van der Waals surface area contributed by atoms with Gasteiger partial charge in [0, 0.05) is 11.6 Å². The zero-order valence-corrected chi connectivity index (χ0v) is 14.9. The summed E-state index contributed by atoms with van der Waals surface area (Å²) in [5.41, 5.74) is 3.17. The molecule has 1 aromatic heterocycles. The zero-order valence-electron chi connectivity index (χ0n) is 14.9. The molecule has 1 fully saturated rings. The van der Waals surface area contributed by atoms with E-state index in [1.165, 1.54) is 5.56 Å². The molecule has 0 spiro atoms. The fraction of sp³-hybridized carbons (Fsp3) is 0.333. The summed E-state index contributed by atoms with van der Waals surface area (Å²) in [7, 11) is 0. The van der Waals surface area contributed by atoms with Gasteiger partial charge in [-0.05, 0) is 48.9 Å². The third-order valence-corrected chi connectivity index (χ3v) is 5.28. The van der Waals surface area contributed by atoms with Crippen molar-refractivity contribution in [3.63, 3.8) is 0 Å². The van der Waals surface area contributed by atoms with Crippen LogP contribution in [-0.2, 0) is 13.0 Å². The molecule has 4 N–H and O–H groups in total. The molecule has 27 heavy (non-hydrogen) atoms. The van der Waals surface area contributed by atoms with Crippen LogP contribution in [0.15, 0.2) is 48.5 Å². The summed E-state index contributed by atoms with van der Waals surface area (Å²) in [5, 5.41) is 22.0. The van der Waals surface area contributed by atoms with Gasteiger partial charge >= 0.3 is 0 Å². The van der Waals surface area contributed by atoms with E-state index in [0.29, 0.717) is 11.4 Å². The molecule has 1 atom stereocenters. The van der Waals surface area contributed by atoms with Crippen molar-refractivity contribution in [3.8, 4) is 0 Å². The Morgan fingerprint density at radius 1 is 1.22 bits per heavy atom. The highest BCUT2D eigenvalue weighted by molar-refractivity contribution is 5.97. The van der Waals surface area contributed by atoms with E-state index >= 15 is 0 Å². The first-order valence-corrected chi connectivity index (χ1v) is 9.24. The molecule has 1 saturated carbocycles. The van der Waals surface area contributed by atoms with E-state index in [4.69, 9.17) is 0 Å². The molecule has 0 saturated heterocycles. The highest BCUT2D eigenvalue weighted by Gasteiger charge is 2.34. The Bertz CT molecular complexity index is 932. The molecular weight excluding hydrogens is 342 g/mol. The first kappa shape index (κ1) is 17.7. The Labute approximate surface area is 157 Å². The number of carbonyl (C=O) groups is 1. The Balaban J connectivity index is 1.52. The van der Waals surface area contributed by atoms with Gasteiger partial charge in [0.25, 0.3) is 5.91 Å². The number of carbonyl (C=O) groups excluding carboxylic acids is 1. The van der Waals surface area contributed by atoms with Gasteiger partial charge in [0.05, 0.1) is 17.1 Å². The standard InChI is InChI=1S/C21H23N3O3/c25-12-20-22-17-7-6-14(11-19(17)23-20)21(27)24-18(15-9-16(26)10-15)8-13-4-2-1-3-5-13/h1-7,11,15-16,18,25-26H,8-10,12H2,(H,22,23)(H,24,27). The second-order valence-electron chi connectivity index (χ2n) is 7.23. The van der Waals surface area contributed by atoms with Gasteiger partial charge in [-0.15, -0.1) is 0 Å². The molecule has 6 heteroatoms. The van der Waals surface area contributed by atoms with Crippen LogP contribution >= 0.6 is 0 Å². The Hall–Kier alpha value is -2.70. The quantitative estimate of drug-likeness (QED) is 0.538. The third kappa shape index (κ3) is 3.86. The highest BCUT2D eigenvalue weighted by atomic mass is 16.3. The van der Waals surface area contributed by atoms with Gasteiger partial charge in [-0.25, -0.2) is 4.98 Å². The SMILES string of the molecule is O=C(NC(Cc1ccccc1)C1CC(O)C1)c1ccc2nc(CO)[nH]c2c1. The number of aliphatic hydroxyl groups is 2. The van der Waals surface area contributed by atoms with E-state index < -0.39 is 0 Å². The molecule has 1 aliphatic carbocycles. The van der Waals surface area contributed by atoms with Crippen molar-refractivity contribution < 1.29 is 15.0 Å². The summed E-state index contributed by atoms with van der Waals surface area (Å²) >= 11 is 0. The number of hydrogen-bond donors (Lipinski definition) is 4. The summed E-state index contributed by atoms with van der Waals surface area (Å²) in [4.78, 5) is 20.1. The number of rotatable bonds is 6. The molecule has 3 aromatic rings. The first-order chi connectivity index (χ1) is 13.1. The molecule has 1 heterocycles. The molecule has 1 amide bonds. The normalized spacial score (nSPS) is 20.2. The van der Waals surface area contributed by atoms with Crippen LogP contribution in [0.4, 0.5) is 0 Å². The van der Waals surface area contributed by atoms with Crippen LogP contribution in [0.25, 0.3) is 11.0 Å². The van der Waals surface area contributed by atoms with Crippen molar-refractivity contribution in [2.24, 2.45) is 5.92 Å². The maximum absolute atomic E-state index is 12.8. The lowest BCUT2D eigenvalue weighted by Gasteiger charge is -2.38. The molecule has 6 nitrogen and oxygen atoms in total. The largest absolute Gasteiger partial charge is 0.393 e. The molecular formula is C21H23N3O3. The molecule has 1 aliphatic rings. The monoisotopic (exact) mass is 365 g/mol. The van der Waals surface area contributed by atoms with Crippen molar-refractivity contribution in [2.45, 2.75) is 38.0 Å². The predicted molar refractivity (Wildman–Crippen MR) is 102 cm³/mol. The van der Waals surface area contributed by atoms with Gasteiger partial charge in [-0.1, -0.05) is 30.3 Å². The number of hydrogen-bond acceptors (Lipinski definition) is 4. The van der Waals surface area contributed by atoms with Crippen molar-refractivity contribution >= 4 is 16.9 Å². The minimum Gasteiger partial charge on any atom is -0.393 e. The van der Waals surface area contributed by atoms with Gasteiger partial charge in [0.1, 0.15) is 12.4 Å². The summed E-state index contributed by atoms with van der Waals surface area (Å²) < 4.78 is 0. The molecule has 1 unspecified atom stereocenters. The lowest BCUT2D eigenvalue weighted by molar-refractivity contribution is 0.0239. The Morgan fingerprint density at radius 3 is 2.70 bits per heavy atom. The van der Waals surface area contributed by atoms with E-state index in [9.17, 15) is 15.0 Å². The lowest BCUT2D eigenvalue weighted by atomic mass is 9.75. The number of H-pyrrole nitrogens is 1. The van der Waals surface area contributed by atoms with Crippen LogP contribution in [-0.4, -0.2) is 38.2 Å². The third-order valence-electron chi connectivity index (χ3n) is 5.28. The molecule has 0 radical (unpaired) electrons. The van der Waals surface area contributed by atoms with E-state index in [1.807, 2.05) is 18.2 Å². The Morgan fingerprint density at radius 2 is 2.00 bits per heavy atom. The Kier molecular flexibility index (Phi) is 4.92. The number of benzene rings is 2. The summed E-state index contributed by atoms with van der Waals surface area (Å²) in [6.07, 6.45) is 1.92. The minimum absolute atomic E-state index is 0.0197. The van der Waals surface area contributed by atoms with E-state index in [2.05, 4.69) is 27.4 Å². The van der Waals surface area contributed by atoms with Crippen molar-refractivity contribution in [3.05, 3.63) is 65.5 Å². The number of nitrogens with zero attached hydrogens (tertiary/aromatic N) is 1. The number of amides is 1. The summed E-state index contributed by atoms with van der Waals surface area (Å²) in [5.74, 6) is 0.619. The molecule has 0 bridgehead atoms. The van der Waals surface area contributed by atoms with Crippen LogP contribution in [0, 0.1) is 5.92 Å². The van der Waals surface area contributed by atoms with Gasteiger partial charge in [0.2, 0.25) is 0 Å². The van der Waals surface area contributed by atoms with Crippen molar-refractivity contribution in [2.75, 3.05) is 0 Å². The average molecular weight is 365 g/mol. The zero-order chi connectivity index (χ0) is 18.8. The number of fused-ring (bicyclic) bond motifs is 1. The van der Waals surface area contributed by atoms with Crippen LogP contribution in [0.1, 0.15) is 34.6 Å². The summed E-state index contributed by atoms with van der Waals surface area (Å²) in [6.45, 7) is -0.167. The number of aromatic amines is 1. The van der Waals surface area contributed by atoms with Gasteiger partial charge in [-0.2, -0.15) is 0 Å². The van der Waals surface area contributed by atoms with Gasteiger partial charge in [0.15, 0.2) is 0 Å². The number of aromatic nitrogens is 2. The van der Waals surface area contributed by atoms with Crippen LogP contribution in [0.3, 0.4) is 0 Å². The predicted octanol–water partition coefficient (Wildman–Crippen LogP) is 2.17. The van der Waals surface area contributed by atoms with E-state index in [1.54, 1.807) is 18.2 Å². The maximum Gasteiger partial charge on any atom is 0.251 e. The van der Waals surface area contributed by atoms with Crippen LogP contribution < -0.4 is 5.32 Å². The molecule has 4 rings (SSSR count). The molecule has 2 aromatic carbocycles. The second kappa shape index (κ2) is 7.50. The number of aliphatic hydroxyl groups excluding tert-OH is 2. The lowest BCUT2D eigenvalue weighted by Crippen LogP contribution is -2.48. The minimum atomic E-state index is -0.261. The molecule has 140 valence electrons. The number of nitrogens with one attached hydrogen (secondary N) is 2. The van der Waals surface area contributed by atoms with Gasteiger partial charge < -0.3 is 20.5 Å². The topological polar surface area (TPSA) is 98.2 Å².